The Bertz CT molecular complexity index is 770. The summed E-state index contributed by atoms with van der Waals surface area (Å²) in [6, 6.07) is 9.31. The van der Waals surface area contributed by atoms with Gasteiger partial charge in [0.25, 0.3) is 0 Å². The minimum Gasteiger partial charge on any atom is -0.268 e. The first kappa shape index (κ1) is 18.7. The minimum absolute atomic E-state index is 0.0861. The van der Waals surface area contributed by atoms with Crippen molar-refractivity contribution in [2.24, 2.45) is 0 Å². The molecule has 132 valence electrons. The van der Waals surface area contributed by atoms with Crippen LogP contribution in [0, 0.1) is 0 Å². The van der Waals surface area contributed by atoms with Gasteiger partial charge in [-0.25, -0.2) is 8.42 Å². The van der Waals surface area contributed by atoms with Crippen LogP contribution in [0.5, 0.6) is 0 Å². The lowest BCUT2D eigenvalue weighted by Gasteiger charge is -2.29. The highest BCUT2D eigenvalue weighted by Crippen LogP contribution is 2.31. The van der Waals surface area contributed by atoms with Gasteiger partial charge in [-0.1, -0.05) is 30.3 Å². The number of sulfonamides is 1. The van der Waals surface area contributed by atoms with E-state index in [0.29, 0.717) is 5.69 Å². The smallest absolute Gasteiger partial charge is 0.247 e. The zero-order valence-electron chi connectivity index (χ0n) is 15.3. The van der Waals surface area contributed by atoms with Crippen LogP contribution < -0.4 is 0 Å². The van der Waals surface area contributed by atoms with Gasteiger partial charge in [-0.05, 0) is 41.5 Å². The third-order valence-corrected chi connectivity index (χ3v) is 6.10. The number of nitrogens with zero attached hydrogens (tertiary/aromatic N) is 3. The lowest BCUT2D eigenvalue weighted by atomic mass is 10.2. The molecule has 0 saturated carbocycles. The van der Waals surface area contributed by atoms with Crippen molar-refractivity contribution < 1.29 is 8.42 Å². The van der Waals surface area contributed by atoms with Crippen LogP contribution in [-0.4, -0.2) is 34.6 Å². The van der Waals surface area contributed by atoms with Crippen LogP contribution >= 0.6 is 0 Å². The maximum atomic E-state index is 13.3. The fourth-order valence-electron chi connectivity index (χ4n) is 2.89. The van der Waals surface area contributed by atoms with Crippen molar-refractivity contribution in [1.29, 1.82) is 0 Å². The first-order valence-corrected chi connectivity index (χ1v) is 9.78. The Labute approximate surface area is 145 Å². The summed E-state index contributed by atoms with van der Waals surface area (Å²) in [5, 5.41) is 4.56. The molecule has 1 heterocycles. The predicted octanol–water partition coefficient (Wildman–Crippen LogP) is 3.94. The van der Waals surface area contributed by atoms with E-state index in [1.54, 1.807) is 15.2 Å². The summed E-state index contributed by atoms with van der Waals surface area (Å²) in [6.07, 6.45) is 1.65. The van der Waals surface area contributed by atoms with Gasteiger partial charge in [0.1, 0.15) is 10.6 Å². The summed E-state index contributed by atoms with van der Waals surface area (Å²) in [4.78, 5) is 0.268. The first-order chi connectivity index (χ1) is 11.2. The fraction of sp³-hybridized carbons (Fsp3) is 0.500. The van der Waals surface area contributed by atoms with Crippen molar-refractivity contribution in [3.63, 3.8) is 0 Å². The van der Waals surface area contributed by atoms with Gasteiger partial charge in [0, 0.05) is 29.9 Å². The number of benzene rings is 1. The highest BCUT2D eigenvalue weighted by atomic mass is 32.2. The zero-order chi connectivity index (χ0) is 18.1. The SMILES string of the molecule is CC(C)N(C(C)C)S(=O)(=O)c1cn(C(C)C)nc1-c1ccccc1. The number of aromatic nitrogens is 2. The van der Waals surface area contributed by atoms with E-state index < -0.39 is 10.0 Å². The molecule has 1 aromatic heterocycles. The summed E-state index contributed by atoms with van der Waals surface area (Å²) in [5.41, 5.74) is 1.32. The lowest BCUT2D eigenvalue weighted by molar-refractivity contribution is 0.302. The van der Waals surface area contributed by atoms with Crippen molar-refractivity contribution in [2.45, 2.75) is 64.6 Å². The maximum absolute atomic E-state index is 13.3. The van der Waals surface area contributed by atoms with Gasteiger partial charge >= 0.3 is 0 Å². The topological polar surface area (TPSA) is 55.2 Å². The average Bonchev–Trinajstić information content (AvgIpc) is 2.93. The van der Waals surface area contributed by atoms with Crippen LogP contribution in [0.2, 0.25) is 0 Å². The Morgan fingerprint density at radius 2 is 1.50 bits per heavy atom. The fourth-order valence-corrected chi connectivity index (χ4v) is 4.87. The minimum atomic E-state index is -3.64. The predicted molar refractivity (Wildman–Crippen MR) is 97.3 cm³/mol. The Morgan fingerprint density at radius 1 is 0.958 bits per heavy atom. The molecule has 0 atom stereocenters. The second kappa shape index (κ2) is 7.07. The molecule has 0 fully saturated rings. The van der Waals surface area contributed by atoms with Crippen molar-refractivity contribution >= 4 is 10.0 Å². The largest absolute Gasteiger partial charge is 0.268 e. The second-order valence-corrected chi connectivity index (χ2v) is 8.62. The van der Waals surface area contributed by atoms with Crippen LogP contribution in [0.1, 0.15) is 47.6 Å². The normalized spacial score (nSPS) is 12.8. The molecule has 0 aliphatic carbocycles. The van der Waals surface area contributed by atoms with Crippen molar-refractivity contribution in [3.8, 4) is 11.3 Å². The van der Waals surface area contributed by atoms with E-state index >= 15 is 0 Å². The Kier molecular flexibility index (Phi) is 5.50. The van der Waals surface area contributed by atoms with E-state index in [1.165, 1.54) is 0 Å². The summed E-state index contributed by atoms with van der Waals surface area (Å²) in [6.45, 7) is 11.6. The van der Waals surface area contributed by atoms with Gasteiger partial charge in [0.2, 0.25) is 10.0 Å². The van der Waals surface area contributed by atoms with Crippen LogP contribution in [0.3, 0.4) is 0 Å². The standard InChI is InChI=1S/C18H27N3O2S/c1-13(2)20-12-17(18(19-20)16-10-8-7-9-11-16)24(22,23)21(14(3)4)15(5)6/h7-15H,1-6H3. The molecule has 0 aliphatic heterocycles. The van der Waals surface area contributed by atoms with Crippen molar-refractivity contribution in [2.75, 3.05) is 0 Å². The van der Waals surface area contributed by atoms with Crippen LogP contribution in [0.4, 0.5) is 0 Å². The Balaban J connectivity index is 2.68. The van der Waals surface area contributed by atoms with Crippen LogP contribution in [0.25, 0.3) is 11.3 Å². The van der Waals surface area contributed by atoms with Crippen molar-refractivity contribution in [3.05, 3.63) is 36.5 Å². The quantitative estimate of drug-likeness (QED) is 0.794. The summed E-state index contributed by atoms with van der Waals surface area (Å²) in [7, 11) is -3.64. The molecule has 5 nitrogen and oxygen atoms in total. The van der Waals surface area contributed by atoms with Crippen LogP contribution in [0.15, 0.2) is 41.4 Å². The highest BCUT2D eigenvalue weighted by Gasteiger charge is 2.33. The van der Waals surface area contributed by atoms with Crippen molar-refractivity contribution in [1.82, 2.24) is 14.1 Å². The molecule has 6 heteroatoms. The molecule has 2 rings (SSSR count). The van der Waals surface area contributed by atoms with E-state index in [4.69, 9.17) is 0 Å². The highest BCUT2D eigenvalue weighted by molar-refractivity contribution is 7.89. The third kappa shape index (κ3) is 3.54. The molecule has 0 amide bonds. The van der Waals surface area contributed by atoms with Gasteiger partial charge in [0.15, 0.2) is 0 Å². The monoisotopic (exact) mass is 349 g/mol. The molecule has 0 spiro atoms. The van der Waals surface area contributed by atoms with E-state index in [9.17, 15) is 8.42 Å². The third-order valence-electron chi connectivity index (χ3n) is 3.85. The molecule has 0 bridgehead atoms. The molecule has 0 unspecified atom stereocenters. The number of hydrogen-bond donors (Lipinski definition) is 0. The maximum Gasteiger partial charge on any atom is 0.247 e. The Hall–Kier alpha value is -1.66. The van der Waals surface area contributed by atoms with Crippen LogP contribution in [-0.2, 0) is 10.0 Å². The molecule has 1 aromatic carbocycles. The van der Waals surface area contributed by atoms with Gasteiger partial charge in [-0.2, -0.15) is 9.40 Å². The van der Waals surface area contributed by atoms with E-state index in [0.717, 1.165) is 5.56 Å². The number of rotatable bonds is 6. The molecule has 2 aromatic rings. The molecule has 0 N–H and O–H groups in total. The lowest BCUT2D eigenvalue weighted by Crippen LogP contribution is -2.42. The van der Waals surface area contributed by atoms with E-state index in [1.807, 2.05) is 71.9 Å². The summed E-state index contributed by atoms with van der Waals surface area (Å²) in [5.74, 6) is 0. The molecular formula is C18H27N3O2S. The first-order valence-electron chi connectivity index (χ1n) is 8.34. The van der Waals surface area contributed by atoms with E-state index in [2.05, 4.69) is 5.10 Å². The molecule has 24 heavy (non-hydrogen) atoms. The van der Waals surface area contributed by atoms with Gasteiger partial charge in [0.05, 0.1) is 0 Å². The zero-order valence-corrected chi connectivity index (χ0v) is 16.1. The van der Waals surface area contributed by atoms with Gasteiger partial charge < -0.3 is 0 Å². The number of hydrogen-bond acceptors (Lipinski definition) is 3. The van der Waals surface area contributed by atoms with Gasteiger partial charge in [-0.3, -0.25) is 4.68 Å². The summed E-state index contributed by atoms with van der Waals surface area (Å²) >= 11 is 0. The molecule has 0 aliphatic rings. The molecule has 0 radical (unpaired) electrons. The molecule has 0 saturated heterocycles. The van der Waals surface area contributed by atoms with E-state index in [-0.39, 0.29) is 23.0 Å². The summed E-state index contributed by atoms with van der Waals surface area (Å²) < 4.78 is 29.9. The molecular weight excluding hydrogens is 322 g/mol. The average molecular weight is 350 g/mol. The Morgan fingerprint density at radius 3 is 1.96 bits per heavy atom. The van der Waals surface area contributed by atoms with Gasteiger partial charge in [-0.15, -0.1) is 0 Å². The second-order valence-electron chi connectivity index (χ2n) is 6.80.